The molecule has 0 saturated carbocycles. The highest BCUT2D eigenvalue weighted by Gasteiger charge is 2.18. The Labute approximate surface area is 124 Å². The van der Waals surface area contributed by atoms with Gasteiger partial charge in [-0.25, -0.2) is 0 Å². The predicted octanol–water partition coefficient (Wildman–Crippen LogP) is 3.71. The Morgan fingerprint density at radius 3 is 2.90 bits per heavy atom. The number of fused-ring (bicyclic) bond motifs is 1. The third-order valence-electron chi connectivity index (χ3n) is 4.00. The number of rotatable bonds is 4. The Morgan fingerprint density at radius 1 is 1.25 bits per heavy atom. The van der Waals surface area contributed by atoms with Crippen molar-refractivity contribution >= 4 is 11.3 Å². The number of hydrogen-bond acceptors (Lipinski definition) is 3. The summed E-state index contributed by atoms with van der Waals surface area (Å²) >= 11 is 1.89. The van der Waals surface area contributed by atoms with E-state index in [9.17, 15) is 0 Å². The zero-order valence-corrected chi connectivity index (χ0v) is 12.9. The SMILES string of the molecule is COc1ccc2c(c1)CC(NCc1ccc(C)s1)CC2. The molecule has 2 aromatic rings. The topological polar surface area (TPSA) is 21.3 Å². The van der Waals surface area contributed by atoms with E-state index in [-0.39, 0.29) is 0 Å². The van der Waals surface area contributed by atoms with Crippen LogP contribution in [0.25, 0.3) is 0 Å². The van der Waals surface area contributed by atoms with Gasteiger partial charge < -0.3 is 10.1 Å². The molecule has 0 saturated heterocycles. The molecule has 0 amide bonds. The minimum Gasteiger partial charge on any atom is -0.497 e. The van der Waals surface area contributed by atoms with Gasteiger partial charge in [0.25, 0.3) is 0 Å². The van der Waals surface area contributed by atoms with Gasteiger partial charge in [-0.15, -0.1) is 11.3 Å². The summed E-state index contributed by atoms with van der Waals surface area (Å²) in [5.41, 5.74) is 2.92. The lowest BCUT2D eigenvalue weighted by atomic mass is 9.88. The minimum absolute atomic E-state index is 0.581. The second-order valence-electron chi connectivity index (χ2n) is 5.47. The average molecular weight is 287 g/mol. The first-order valence-electron chi connectivity index (χ1n) is 7.19. The largest absolute Gasteiger partial charge is 0.497 e. The lowest BCUT2D eigenvalue weighted by Crippen LogP contribution is -2.33. The monoisotopic (exact) mass is 287 g/mol. The van der Waals surface area contributed by atoms with Gasteiger partial charge in [-0.05, 0) is 61.6 Å². The Morgan fingerprint density at radius 2 is 2.15 bits per heavy atom. The van der Waals surface area contributed by atoms with Gasteiger partial charge >= 0.3 is 0 Å². The van der Waals surface area contributed by atoms with E-state index in [1.54, 1.807) is 7.11 Å². The van der Waals surface area contributed by atoms with Crippen LogP contribution in [0.2, 0.25) is 0 Å². The van der Waals surface area contributed by atoms with Crippen LogP contribution in [0.15, 0.2) is 30.3 Å². The molecule has 0 aliphatic heterocycles. The van der Waals surface area contributed by atoms with Gasteiger partial charge in [0.1, 0.15) is 5.75 Å². The van der Waals surface area contributed by atoms with Crippen LogP contribution < -0.4 is 10.1 Å². The molecule has 1 atom stereocenters. The van der Waals surface area contributed by atoms with Crippen LogP contribution in [0.4, 0.5) is 0 Å². The fraction of sp³-hybridized carbons (Fsp3) is 0.412. The van der Waals surface area contributed by atoms with E-state index in [0.717, 1.165) is 18.7 Å². The molecule has 3 rings (SSSR count). The summed E-state index contributed by atoms with van der Waals surface area (Å²) in [6, 6.07) is 11.5. The van der Waals surface area contributed by atoms with E-state index < -0.39 is 0 Å². The lowest BCUT2D eigenvalue weighted by Gasteiger charge is -2.25. The first kappa shape index (κ1) is 13.7. The first-order valence-corrected chi connectivity index (χ1v) is 8.01. The molecule has 1 aromatic heterocycles. The van der Waals surface area contributed by atoms with Crippen molar-refractivity contribution in [2.75, 3.05) is 7.11 Å². The lowest BCUT2D eigenvalue weighted by molar-refractivity contribution is 0.411. The molecule has 1 N–H and O–H groups in total. The van der Waals surface area contributed by atoms with Gasteiger partial charge in [0.05, 0.1) is 7.11 Å². The van der Waals surface area contributed by atoms with Crippen molar-refractivity contribution in [3.8, 4) is 5.75 Å². The van der Waals surface area contributed by atoms with Crippen LogP contribution in [0.5, 0.6) is 5.75 Å². The highest BCUT2D eigenvalue weighted by atomic mass is 32.1. The maximum absolute atomic E-state index is 5.33. The second kappa shape index (κ2) is 5.98. The quantitative estimate of drug-likeness (QED) is 0.925. The Hall–Kier alpha value is -1.32. The van der Waals surface area contributed by atoms with Crippen LogP contribution in [-0.4, -0.2) is 13.2 Å². The molecule has 106 valence electrons. The van der Waals surface area contributed by atoms with E-state index in [4.69, 9.17) is 4.74 Å². The molecule has 1 aromatic carbocycles. The van der Waals surface area contributed by atoms with E-state index in [2.05, 4.69) is 42.6 Å². The fourth-order valence-electron chi connectivity index (χ4n) is 2.86. The molecule has 1 aliphatic carbocycles. The summed E-state index contributed by atoms with van der Waals surface area (Å²) in [5.74, 6) is 0.971. The number of benzene rings is 1. The highest BCUT2D eigenvalue weighted by Crippen LogP contribution is 2.26. The zero-order valence-electron chi connectivity index (χ0n) is 12.1. The Balaban J connectivity index is 1.62. The van der Waals surface area contributed by atoms with Crippen LogP contribution in [0.1, 0.15) is 27.3 Å². The molecular formula is C17H21NOS. The number of hydrogen-bond donors (Lipinski definition) is 1. The van der Waals surface area contributed by atoms with Crippen molar-refractivity contribution in [1.29, 1.82) is 0 Å². The van der Waals surface area contributed by atoms with Gasteiger partial charge in [0, 0.05) is 22.3 Å². The maximum atomic E-state index is 5.33. The molecule has 3 heteroatoms. The third kappa shape index (κ3) is 3.05. The fourth-order valence-corrected chi connectivity index (χ4v) is 3.70. The standard InChI is InChI=1S/C17H21NOS/c1-12-3-8-17(20-12)11-18-15-6-4-13-5-7-16(19-2)10-14(13)9-15/h3,5,7-8,10,15,18H,4,6,9,11H2,1-2H3. The van der Waals surface area contributed by atoms with E-state index in [1.807, 2.05) is 11.3 Å². The molecule has 0 radical (unpaired) electrons. The van der Waals surface area contributed by atoms with Crippen LogP contribution in [-0.2, 0) is 19.4 Å². The van der Waals surface area contributed by atoms with Crippen molar-refractivity contribution in [3.05, 3.63) is 51.2 Å². The van der Waals surface area contributed by atoms with Gasteiger partial charge in [0.15, 0.2) is 0 Å². The minimum atomic E-state index is 0.581. The first-order chi connectivity index (χ1) is 9.74. The summed E-state index contributed by atoms with van der Waals surface area (Å²) < 4.78 is 5.33. The molecule has 20 heavy (non-hydrogen) atoms. The third-order valence-corrected chi connectivity index (χ3v) is 5.00. The zero-order chi connectivity index (χ0) is 13.9. The molecule has 1 unspecified atom stereocenters. The number of methoxy groups -OCH3 is 1. The molecule has 2 nitrogen and oxygen atoms in total. The smallest absolute Gasteiger partial charge is 0.119 e. The van der Waals surface area contributed by atoms with Crippen molar-refractivity contribution in [2.24, 2.45) is 0 Å². The molecule has 0 bridgehead atoms. The van der Waals surface area contributed by atoms with Crippen LogP contribution >= 0.6 is 11.3 Å². The number of thiophene rings is 1. The summed E-state index contributed by atoms with van der Waals surface area (Å²) in [7, 11) is 1.74. The number of aryl methyl sites for hydroxylation is 2. The molecule has 0 spiro atoms. The van der Waals surface area contributed by atoms with Crippen molar-refractivity contribution < 1.29 is 4.74 Å². The Kier molecular flexibility index (Phi) is 4.08. The summed E-state index contributed by atoms with van der Waals surface area (Å²) in [6.07, 6.45) is 3.50. The predicted molar refractivity (Wildman–Crippen MR) is 84.7 cm³/mol. The van der Waals surface area contributed by atoms with E-state index >= 15 is 0 Å². The summed E-state index contributed by atoms with van der Waals surface area (Å²) in [6.45, 7) is 3.15. The number of ether oxygens (including phenoxy) is 1. The van der Waals surface area contributed by atoms with Gasteiger partial charge in [-0.2, -0.15) is 0 Å². The van der Waals surface area contributed by atoms with Gasteiger partial charge in [0.2, 0.25) is 0 Å². The van der Waals surface area contributed by atoms with Gasteiger partial charge in [-0.3, -0.25) is 0 Å². The van der Waals surface area contributed by atoms with Crippen molar-refractivity contribution in [1.82, 2.24) is 5.32 Å². The maximum Gasteiger partial charge on any atom is 0.119 e. The molecule has 0 fully saturated rings. The van der Waals surface area contributed by atoms with Crippen molar-refractivity contribution in [2.45, 2.75) is 38.8 Å². The second-order valence-corrected chi connectivity index (χ2v) is 6.84. The van der Waals surface area contributed by atoms with Crippen molar-refractivity contribution in [3.63, 3.8) is 0 Å². The molecular weight excluding hydrogens is 266 g/mol. The van der Waals surface area contributed by atoms with Crippen LogP contribution in [0, 0.1) is 6.92 Å². The number of nitrogens with one attached hydrogen (secondary N) is 1. The summed E-state index contributed by atoms with van der Waals surface area (Å²) in [4.78, 5) is 2.82. The van der Waals surface area contributed by atoms with Gasteiger partial charge in [-0.1, -0.05) is 6.07 Å². The van der Waals surface area contributed by atoms with E-state index in [0.29, 0.717) is 6.04 Å². The summed E-state index contributed by atoms with van der Waals surface area (Å²) in [5, 5.41) is 3.70. The highest BCUT2D eigenvalue weighted by molar-refractivity contribution is 7.11. The van der Waals surface area contributed by atoms with E-state index in [1.165, 1.54) is 33.7 Å². The van der Waals surface area contributed by atoms with Crippen LogP contribution in [0.3, 0.4) is 0 Å². The Bertz CT molecular complexity index is 590. The average Bonchev–Trinajstić information content (AvgIpc) is 2.90. The molecule has 1 aliphatic rings. The molecule has 1 heterocycles. The normalized spacial score (nSPS) is 17.8.